The molecule has 0 amide bonds. The van der Waals surface area contributed by atoms with Crippen LogP contribution < -0.4 is 29.0 Å². The van der Waals surface area contributed by atoms with Crippen molar-refractivity contribution in [3.63, 3.8) is 0 Å². The first-order valence-electron chi connectivity index (χ1n) is 21.9. The van der Waals surface area contributed by atoms with Crippen LogP contribution in [0, 0.1) is 5.92 Å². The molecule has 332 valence electrons. The second-order valence-electron chi connectivity index (χ2n) is 16.4. The molecular formula is C48H57FN8O6. The zero-order valence-electron chi connectivity index (χ0n) is 36.6. The van der Waals surface area contributed by atoms with Gasteiger partial charge in [0.25, 0.3) is 0 Å². The number of nitrogens with zero attached hydrogens (tertiary/aromatic N) is 8. The van der Waals surface area contributed by atoms with Gasteiger partial charge in [-0.1, -0.05) is 97.0 Å². The number of rotatable bonds is 19. The second-order valence-corrected chi connectivity index (χ2v) is 16.4. The summed E-state index contributed by atoms with van der Waals surface area (Å²) in [6.45, 7) is 9.03. The van der Waals surface area contributed by atoms with Crippen molar-refractivity contribution < 1.29 is 32.4 Å². The van der Waals surface area contributed by atoms with Crippen LogP contribution in [0.15, 0.2) is 106 Å². The quantitative estimate of drug-likeness (QED) is 0.0720. The van der Waals surface area contributed by atoms with Crippen LogP contribution in [0.3, 0.4) is 0 Å². The summed E-state index contributed by atoms with van der Waals surface area (Å²) >= 11 is 0. The van der Waals surface area contributed by atoms with E-state index in [1.54, 1.807) is 14.2 Å². The maximum absolute atomic E-state index is 13.0. The Morgan fingerprint density at radius 1 is 0.619 bits per heavy atom. The van der Waals surface area contributed by atoms with Gasteiger partial charge >= 0.3 is 12.0 Å². The molecule has 8 rings (SSSR count). The number of alkyl halides is 1. The smallest absolute Gasteiger partial charge is 0.343 e. The SMILES string of the molecule is COc1ccc(CN2CCC(N(c3nc(-c4ccccc4)no3)N(c3nc(-c4ccccc4)no3)C3CCN(Cc4ccc(OC)c(OCC(C)C)c4)CC3)CC2)cc1OCCF. The lowest BCUT2D eigenvalue weighted by atomic mass is 10.0. The molecule has 2 saturated heterocycles. The normalized spacial score (nSPS) is 15.4. The standard InChI is InChI=1S/C48H57FN8O6/c1-34(2)33-61-44-30-36(16-18-42(44)59-4)32-55-26-21-40(22-27-55)57(48-51-46(53-63-48)38-13-9-6-10-14-38)56(47-50-45(52-62-47)37-11-7-5-8-12-37)39-19-24-54(25-20-39)31-35-15-17-41(58-3)43(29-35)60-28-23-49/h5-18,29-30,34,39-40H,19-28,31-33H2,1-4H3. The highest BCUT2D eigenvalue weighted by Crippen LogP contribution is 2.36. The Labute approximate surface area is 368 Å². The molecule has 0 spiro atoms. The van der Waals surface area contributed by atoms with Crippen molar-refractivity contribution in [3.05, 3.63) is 108 Å². The fraction of sp³-hybridized carbons (Fsp3) is 0.417. The van der Waals surface area contributed by atoms with Crippen molar-refractivity contribution in [2.45, 2.75) is 64.7 Å². The number of aromatic nitrogens is 4. The van der Waals surface area contributed by atoms with Gasteiger partial charge in [-0.3, -0.25) is 9.80 Å². The molecule has 14 nitrogen and oxygen atoms in total. The van der Waals surface area contributed by atoms with E-state index < -0.39 is 6.67 Å². The average molecular weight is 861 g/mol. The number of likely N-dealkylation sites (tertiary alicyclic amines) is 2. The van der Waals surface area contributed by atoms with Crippen LogP contribution in [-0.4, -0.2) is 102 Å². The summed E-state index contributed by atoms with van der Waals surface area (Å²) in [5.74, 6) is 4.03. The van der Waals surface area contributed by atoms with Gasteiger partial charge in [0.15, 0.2) is 23.0 Å². The van der Waals surface area contributed by atoms with Crippen LogP contribution in [0.1, 0.15) is 50.7 Å². The Kier molecular flexibility index (Phi) is 14.3. The minimum atomic E-state index is -0.573. The van der Waals surface area contributed by atoms with Gasteiger partial charge in [0.05, 0.1) is 32.9 Å². The van der Waals surface area contributed by atoms with Crippen LogP contribution in [0.2, 0.25) is 0 Å². The molecule has 4 aromatic carbocycles. The van der Waals surface area contributed by atoms with Gasteiger partial charge in [0, 0.05) is 50.4 Å². The van der Waals surface area contributed by atoms with Gasteiger partial charge in [-0.15, -0.1) is 0 Å². The molecule has 0 bridgehead atoms. The van der Waals surface area contributed by atoms with Crippen LogP contribution in [0.4, 0.5) is 16.4 Å². The zero-order valence-corrected chi connectivity index (χ0v) is 36.6. The number of hydrazine groups is 1. The highest BCUT2D eigenvalue weighted by Gasteiger charge is 2.40. The van der Waals surface area contributed by atoms with Crippen LogP contribution in [0.5, 0.6) is 23.0 Å². The predicted octanol–water partition coefficient (Wildman–Crippen LogP) is 8.74. The van der Waals surface area contributed by atoms with E-state index in [1.165, 1.54) is 5.56 Å². The molecule has 15 heteroatoms. The highest BCUT2D eigenvalue weighted by molar-refractivity contribution is 5.58. The maximum atomic E-state index is 13.0. The Morgan fingerprint density at radius 3 is 1.48 bits per heavy atom. The average Bonchev–Trinajstić information content (AvgIpc) is 4.02. The number of halogens is 1. The minimum Gasteiger partial charge on any atom is -0.493 e. The van der Waals surface area contributed by atoms with Crippen molar-refractivity contribution in [3.8, 4) is 45.8 Å². The molecule has 0 atom stereocenters. The monoisotopic (exact) mass is 860 g/mol. The third kappa shape index (κ3) is 10.7. The number of piperidine rings is 2. The summed E-state index contributed by atoms with van der Waals surface area (Å²) in [4.78, 5) is 15.0. The molecule has 2 fully saturated rings. The molecule has 4 heterocycles. The number of benzene rings is 4. The van der Waals surface area contributed by atoms with Crippen molar-refractivity contribution in [1.82, 2.24) is 30.1 Å². The number of hydrogen-bond acceptors (Lipinski definition) is 14. The van der Waals surface area contributed by atoms with Crippen LogP contribution in [0.25, 0.3) is 22.8 Å². The van der Waals surface area contributed by atoms with Crippen molar-refractivity contribution in [1.29, 1.82) is 0 Å². The summed E-state index contributed by atoms with van der Waals surface area (Å²) in [6.07, 6.45) is 3.21. The summed E-state index contributed by atoms with van der Waals surface area (Å²) in [7, 11) is 3.27. The molecule has 6 aromatic rings. The van der Waals surface area contributed by atoms with Gasteiger partial charge in [0.2, 0.25) is 11.6 Å². The first kappa shape index (κ1) is 43.5. The molecular weight excluding hydrogens is 804 g/mol. The van der Waals surface area contributed by atoms with E-state index >= 15 is 0 Å². The topological polar surface area (TPSA) is 128 Å². The molecule has 0 saturated carbocycles. The van der Waals surface area contributed by atoms with E-state index in [0.29, 0.717) is 54.2 Å². The maximum Gasteiger partial charge on any atom is 0.343 e. The largest absolute Gasteiger partial charge is 0.493 e. The van der Waals surface area contributed by atoms with E-state index in [9.17, 15) is 4.39 Å². The summed E-state index contributed by atoms with van der Waals surface area (Å²) in [5.41, 5.74) is 3.95. The molecule has 2 aliphatic rings. The van der Waals surface area contributed by atoms with E-state index in [-0.39, 0.29) is 18.7 Å². The molecule has 0 aliphatic carbocycles. The summed E-state index contributed by atoms with van der Waals surface area (Å²) in [6, 6.07) is 32.4. The summed E-state index contributed by atoms with van der Waals surface area (Å²) in [5, 5.41) is 13.3. The number of anilines is 2. The molecule has 0 radical (unpaired) electrons. The van der Waals surface area contributed by atoms with E-state index in [4.69, 9.17) is 38.0 Å². The van der Waals surface area contributed by atoms with Crippen molar-refractivity contribution in [2.75, 3.05) is 70.3 Å². The molecule has 0 N–H and O–H groups in total. The Balaban J connectivity index is 1.07. The molecule has 0 unspecified atom stereocenters. The zero-order chi connectivity index (χ0) is 43.5. The molecule has 2 aromatic heterocycles. The fourth-order valence-electron chi connectivity index (χ4n) is 8.30. The fourth-order valence-corrected chi connectivity index (χ4v) is 8.30. The Morgan fingerprint density at radius 2 is 1.06 bits per heavy atom. The van der Waals surface area contributed by atoms with Crippen LogP contribution in [-0.2, 0) is 13.1 Å². The molecule has 63 heavy (non-hydrogen) atoms. The second kappa shape index (κ2) is 20.8. The van der Waals surface area contributed by atoms with E-state index in [0.717, 1.165) is 86.6 Å². The van der Waals surface area contributed by atoms with Crippen molar-refractivity contribution in [2.24, 2.45) is 5.92 Å². The lowest BCUT2D eigenvalue weighted by Gasteiger charge is -2.46. The van der Waals surface area contributed by atoms with Crippen molar-refractivity contribution >= 4 is 12.0 Å². The third-order valence-electron chi connectivity index (χ3n) is 11.5. The number of hydrogen-bond donors (Lipinski definition) is 0. The highest BCUT2D eigenvalue weighted by atomic mass is 19.1. The minimum absolute atomic E-state index is 0.0252. The Hall–Kier alpha value is -6.19. The number of ether oxygens (including phenoxy) is 4. The van der Waals surface area contributed by atoms with E-state index in [2.05, 4.69) is 56.1 Å². The van der Waals surface area contributed by atoms with Crippen LogP contribution >= 0.6 is 0 Å². The summed E-state index contributed by atoms with van der Waals surface area (Å²) < 4.78 is 48.3. The first-order chi connectivity index (χ1) is 30.9. The van der Waals surface area contributed by atoms with Gasteiger partial charge < -0.3 is 28.0 Å². The van der Waals surface area contributed by atoms with Gasteiger partial charge in [-0.05, 0) is 67.0 Å². The predicted molar refractivity (Wildman–Crippen MR) is 239 cm³/mol. The van der Waals surface area contributed by atoms with Gasteiger partial charge in [-0.25, -0.2) is 14.4 Å². The van der Waals surface area contributed by atoms with E-state index in [1.807, 2.05) is 84.9 Å². The van der Waals surface area contributed by atoms with Gasteiger partial charge in [-0.2, -0.15) is 9.97 Å². The Bertz CT molecular complexity index is 2330. The van der Waals surface area contributed by atoms with Gasteiger partial charge in [0.1, 0.15) is 13.3 Å². The third-order valence-corrected chi connectivity index (χ3v) is 11.5. The lowest BCUT2D eigenvalue weighted by molar-refractivity contribution is 0.176. The molecule has 2 aliphatic heterocycles. The number of methoxy groups -OCH3 is 2. The lowest BCUT2D eigenvalue weighted by Crippen LogP contribution is -2.59. The first-order valence-corrected chi connectivity index (χ1v) is 21.9.